The van der Waals surface area contributed by atoms with Crippen molar-refractivity contribution in [1.82, 2.24) is 14.7 Å². The summed E-state index contributed by atoms with van der Waals surface area (Å²) in [6.07, 6.45) is 4.73. The molecule has 3 aliphatic heterocycles. The van der Waals surface area contributed by atoms with Crippen LogP contribution in [0.3, 0.4) is 0 Å². The van der Waals surface area contributed by atoms with Crippen molar-refractivity contribution < 1.29 is 4.74 Å². The van der Waals surface area contributed by atoms with E-state index in [1.807, 2.05) is 24.3 Å². The maximum absolute atomic E-state index is 11.5. The van der Waals surface area contributed by atoms with Crippen LogP contribution < -0.4 is 14.9 Å². The van der Waals surface area contributed by atoms with Crippen LogP contribution in [0.25, 0.3) is 17.0 Å². The van der Waals surface area contributed by atoms with E-state index >= 15 is 0 Å². The van der Waals surface area contributed by atoms with Gasteiger partial charge in [-0.2, -0.15) is 4.37 Å². The minimum absolute atomic E-state index is 0.146. The molecule has 28 heavy (non-hydrogen) atoms. The Labute approximate surface area is 166 Å². The molecule has 2 fully saturated rings. The number of hydrogen-bond donors (Lipinski definition) is 2. The lowest BCUT2D eigenvalue weighted by Gasteiger charge is -2.30. The van der Waals surface area contributed by atoms with E-state index in [0.717, 1.165) is 47.0 Å². The summed E-state index contributed by atoms with van der Waals surface area (Å²) in [5.74, 6) is 2.32. The van der Waals surface area contributed by atoms with Crippen molar-refractivity contribution in [1.29, 1.82) is 0 Å². The third-order valence-corrected chi connectivity index (χ3v) is 6.56. The summed E-state index contributed by atoms with van der Waals surface area (Å²) < 4.78 is 10.5. The monoisotopic (exact) mass is 389 g/mol. The molecule has 0 saturated carbocycles. The van der Waals surface area contributed by atoms with Crippen molar-refractivity contribution in [3.05, 3.63) is 68.8 Å². The standard InChI is InChI=1S/C22H19N3O2S/c26-22-24-21(25-28-22)12-5-8-17-19(11-12)27-18-4-2-1-3-16(18)20(17)13-9-14-6-7-15(10-13)23-14/h1-5,8,11,14-15,23H,6-7,9-10H2,(H,24,25,26). The molecule has 6 heteroatoms. The van der Waals surface area contributed by atoms with E-state index in [0.29, 0.717) is 17.9 Å². The molecule has 6 rings (SSSR count). The number of piperidine rings is 1. The lowest BCUT2D eigenvalue weighted by Crippen LogP contribution is -2.35. The second-order valence-electron chi connectivity index (χ2n) is 7.78. The zero-order chi connectivity index (χ0) is 18.7. The van der Waals surface area contributed by atoms with Crippen LogP contribution in [0.5, 0.6) is 11.5 Å². The summed E-state index contributed by atoms with van der Waals surface area (Å²) in [4.78, 5) is 14.1. The van der Waals surface area contributed by atoms with Crippen molar-refractivity contribution in [2.24, 2.45) is 0 Å². The van der Waals surface area contributed by atoms with E-state index in [2.05, 4.69) is 32.9 Å². The van der Waals surface area contributed by atoms with Crippen molar-refractivity contribution in [3.8, 4) is 22.9 Å². The molecule has 5 nitrogen and oxygen atoms in total. The molecule has 2 N–H and O–H groups in total. The normalized spacial score (nSPS) is 22.6. The van der Waals surface area contributed by atoms with Gasteiger partial charge in [0.25, 0.3) is 0 Å². The maximum Gasteiger partial charge on any atom is 0.323 e. The number of aromatic amines is 1. The van der Waals surface area contributed by atoms with Gasteiger partial charge in [-0.15, -0.1) is 0 Å². The molecule has 2 atom stereocenters. The number of rotatable bonds is 1. The molecular formula is C22H19N3O2S. The number of ether oxygens (including phenoxy) is 1. The Bertz CT molecular complexity index is 1160. The van der Waals surface area contributed by atoms with Gasteiger partial charge in [-0.1, -0.05) is 29.8 Å². The van der Waals surface area contributed by atoms with Crippen LogP contribution in [-0.4, -0.2) is 21.4 Å². The molecule has 0 radical (unpaired) electrons. The van der Waals surface area contributed by atoms with E-state index in [-0.39, 0.29) is 4.87 Å². The average molecular weight is 389 g/mol. The third kappa shape index (κ3) is 2.56. The van der Waals surface area contributed by atoms with Crippen LogP contribution in [-0.2, 0) is 0 Å². The summed E-state index contributed by atoms with van der Waals surface area (Å²) in [6.45, 7) is 0. The van der Waals surface area contributed by atoms with Crippen molar-refractivity contribution in [2.75, 3.05) is 0 Å². The Morgan fingerprint density at radius 2 is 1.79 bits per heavy atom. The van der Waals surface area contributed by atoms with Gasteiger partial charge in [0.15, 0.2) is 5.82 Å². The Balaban J connectivity index is 1.53. The smallest absolute Gasteiger partial charge is 0.323 e. The number of aromatic nitrogens is 2. The summed E-state index contributed by atoms with van der Waals surface area (Å²) in [7, 11) is 0. The Kier molecular flexibility index (Phi) is 3.58. The molecule has 1 aromatic heterocycles. The summed E-state index contributed by atoms with van der Waals surface area (Å²) in [5, 5.41) is 3.73. The lowest BCUT2D eigenvalue weighted by atomic mass is 9.84. The zero-order valence-corrected chi connectivity index (χ0v) is 16.0. The first-order chi connectivity index (χ1) is 13.7. The molecule has 140 valence electrons. The highest BCUT2D eigenvalue weighted by atomic mass is 32.1. The van der Waals surface area contributed by atoms with E-state index in [1.165, 1.54) is 29.6 Å². The molecular weight excluding hydrogens is 370 g/mol. The molecule has 3 aliphatic rings. The van der Waals surface area contributed by atoms with Gasteiger partial charge in [0.05, 0.1) is 0 Å². The predicted octanol–water partition coefficient (Wildman–Crippen LogP) is 4.32. The van der Waals surface area contributed by atoms with Crippen LogP contribution in [0, 0.1) is 0 Å². The van der Waals surface area contributed by atoms with Gasteiger partial charge < -0.3 is 10.1 Å². The fourth-order valence-corrected chi connectivity index (χ4v) is 5.30. The highest BCUT2D eigenvalue weighted by Gasteiger charge is 2.34. The molecule has 2 unspecified atom stereocenters. The summed E-state index contributed by atoms with van der Waals surface area (Å²) >= 11 is 0.938. The van der Waals surface area contributed by atoms with Crippen LogP contribution in [0.1, 0.15) is 36.8 Å². The quantitative estimate of drug-likeness (QED) is 0.509. The SMILES string of the molecule is O=c1[nH]c(-c2ccc3c(c2)Oc2ccccc2C3=C2CC3CCC(C2)N3)ns1. The topological polar surface area (TPSA) is 67.0 Å². The van der Waals surface area contributed by atoms with Crippen molar-refractivity contribution >= 4 is 17.1 Å². The van der Waals surface area contributed by atoms with Crippen LogP contribution in [0.2, 0.25) is 0 Å². The van der Waals surface area contributed by atoms with E-state index in [1.54, 1.807) is 0 Å². The highest BCUT2D eigenvalue weighted by Crippen LogP contribution is 2.48. The van der Waals surface area contributed by atoms with Crippen molar-refractivity contribution in [2.45, 2.75) is 37.8 Å². The van der Waals surface area contributed by atoms with E-state index in [9.17, 15) is 4.79 Å². The van der Waals surface area contributed by atoms with Crippen LogP contribution >= 0.6 is 11.5 Å². The molecule has 3 aromatic rings. The van der Waals surface area contributed by atoms with Gasteiger partial charge in [-0.3, -0.25) is 9.78 Å². The maximum atomic E-state index is 11.5. The molecule has 4 heterocycles. The third-order valence-electron chi connectivity index (χ3n) is 6.02. The second kappa shape index (κ2) is 6.15. The predicted molar refractivity (Wildman–Crippen MR) is 110 cm³/mol. The van der Waals surface area contributed by atoms with Crippen LogP contribution in [0.4, 0.5) is 0 Å². The number of fused-ring (bicyclic) bond motifs is 4. The summed E-state index contributed by atoms with van der Waals surface area (Å²) in [5.41, 5.74) is 6.04. The number of hydrogen-bond acceptors (Lipinski definition) is 5. The number of H-pyrrole nitrogens is 1. The van der Waals surface area contributed by atoms with Gasteiger partial charge in [0.2, 0.25) is 0 Å². The Hall–Kier alpha value is -2.70. The Morgan fingerprint density at radius 3 is 2.57 bits per heavy atom. The highest BCUT2D eigenvalue weighted by molar-refractivity contribution is 7.03. The second-order valence-corrected chi connectivity index (χ2v) is 8.51. The van der Waals surface area contributed by atoms with Gasteiger partial charge >= 0.3 is 4.87 Å². The fourth-order valence-electron chi connectivity index (χ4n) is 4.83. The molecule has 0 amide bonds. The number of nitrogens with zero attached hydrogens (tertiary/aromatic N) is 1. The first-order valence-corrected chi connectivity index (χ1v) is 10.5. The molecule has 2 saturated heterocycles. The zero-order valence-electron chi connectivity index (χ0n) is 15.2. The van der Waals surface area contributed by atoms with E-state index < -0.39 is 0 Å². The minimum atomic E-state index is -0.146. The molecule has 0 spiro atoms. The number of para-hydroxylation sites is 1. The largest absolute Gasteiger partial charge is 0.456 e. The molecule has 2 aromatic carbocycles. The minimum Gasteiger partial charge on any atom is -0.456 e. The number of nitrogens with one attached hydrogen (secondary N) is 2. The average Bonchev–Trinajstić information content (AvgIpc) is 3.30. The van der Waals surface area contributed by atoms with Gasteiger partial charge in [0.1, 0.15) is 11.5 Å². The molecule has 2 bridgehead atoms. The number of benzene rings is 2. The first-order valence-electron chi connectivity index (χ1n) is 9.71. The van der Waals surface area contributed by atoms with Crippen molar-refractivity contribution in [3.63, 3.8) is 0 Å². The summed E-state index contributed by atoms with van der Waals surface area (Å²) in [6, 6.07) is 15.6. The van der Waals surface area contributed by atoms with E-state index in [4.69, 9.17) is 4.74 Å². The van der Waals surface area contributed by atoms with Gasteiger partial charge in [-0.05, 0) is 49.5 Å². The first kappa shape index (κ1) is 16.3. The van der Waals surface area contributed by atoms with Crippen LogP contribution in [0.15, 0.2) is 52.8 Å². The Morgan fingerprint density at radius 1 is 1.00 bits per heavy atom. The van der Waals surface area contributed by atoms with Gasteiger partial charge in [-0.25, -0.2) is 0 Å². The fraction of sp³-hybridized carbons (Fsp3) is 0.273. The van der Waals surface area contributed by atoms with Gasteiger partial charge in [0, 0.05) is 40.3 Å². The lowest BCUT2D eigenvalue weighted by molar-refractivity contribution is 0.465. The molecule has 0 aliphatic carbocycles.